The number of quaternary nitrogens is 1. The standard InChI is InChI=1S/C19H31NO/c1-16(2)18-10-9-17(3)19(15-18)21-14-8-7-13-20-11-5-4-6-12-20/h9-10,15-16H,4-8,11-14H2,1-3H3/p+1. The van der Waals surface area contributed by atoms with E-state index in [1.807, 2.05) is 0 Å². The van der Waals surface area contributed by atoms with E-state index in [-0.39, 0.29) is 0 Å². The van der Waals surface area contributed by atoms with Gasteiger partial charge in [-0.05, 0) is 62.1 Å². The molecule has 1 saturated heterocycles. The number of hydrogen-bond acceptors (Lipinski definition) is 1. The van der Waals surface area contributed by atoms with Crippen LogP contribution < -0.4 is 9.64 Å². The van der Waals surface area contributed by atoms with Gasteiger partial charge in [0.1, 0.15) is 5.75 Å². The lowest BCUT2D eigenvalue weighted by molar-refractivity contribution is -0.905. The molecule has 1 N–H and O–H groups in total. The normalized spacial score (nSPS) is 16.4. The van der Waals surface area contributed by atoms with Crippen molar-refractivity contribution >= 4 is 0 Å². The number of nitrogens with one attached hydrogen (secondary N) is 1. The molecule has 1 aliphatic rings. The molecule has 1 fully saturated rings. The highest BCUT2D eigenvalue weighted by atomic mass is 16.5. The Morgan fingerprint density at radius 2 is 1.86 bits per heavy atom. The molecule has 0 spiro atoms. The maximum atomic E-state index is 6.01. The van der Waals surface area contributed by atoms with Crippen LogP contribution in [0.3, 0.4) is 0 Å². The lowest BCUT2D eigenvalue weighted by atomic mass is 10.0. The molecule has 21 heavy (non-hydrogen) atoms. The van der Waals surface area contributed by atoms with Crippen molar-refractivity contribution in [1.82, 2.24) is 0 Å². The van der Waals surface area contributed by atoms with Crippen LogP contribution in [0.1, 0.15) is 63.0 Å². The molecule has 0 bridgehead atoms. The monoisotopic (exact) mass is 290 g/mol. The molecular weight excluding hydrogens is 258 g/mol. The minimum absolute atomic E-state index is 0.565. The van der Waals surface area contributed by atoms with Gasteiger partial charge in [0.05, 0.1) is 26.2 Å². The number of unbranched alkanes of at least 4 members (excludes halogenated alkanes) is 1. The third kappa shape index (κ3) is 5.35. The molecule has 1 aliphatic heterocycles. The fourth-order valence-electron chi connectivity index (χ4n) is 3.09. The summed E-state index contributed by atoms with van der Waals surface area (Å²) in [7, 11) is 0. The highest BCUT2D eigenvalue weighted by molar-refractivity contribution is 5.37. The third-order valence-corrected chi connectivity index (χ3v) is 4.62. The van der Waals surface area contributed by atoms with Crippen LogP contribution in [0.15, 0.2) is 18.2 Å². The van der Waals surface area contributed by atoms with Crippen molar-refractivity contribution in [2.75, 3.05) is 26.2 Å². The maximum Gasteiger partial charge on any atom is 0.122 e. The van der Waals surface area contributed by atoms with Gasteiger partial charge < -0.3 is 9.64 Å². The second kappa shape index (κ2) is 8.43. The van der Waals surface area contributed by atoms with Gasteiger partial charge in [0.25, 0.3) is 0 Å². The molecule has 2 nitrogen and oxygen atoms in total. The van der Waals surface area contributed by atoms with Crippen LogP contribution in [0.4, 0.5) is 0 Å². The van der Waals surface area contributed by atoms with Gasteiger partial charge in [-0.1, -0.05) is 26.0 Å². The summed E-state index contributed by atoms with van der Waals surface area (Å²) in [6.07, 6.45) is 6.76. The molecule has 2 rings (SSSR count). The highest BCUT2D eigenvalue weighted by Crippen LogP contribution is 2.24. The summed E-state index contributed by atoms with van der Waals surface area (Å²) in [5.41, 5.74) is 2.62. The molecule has 0 aromatic heterocycles. The van der Waals surface area contributed by atoms with E-state index in [2.05, 4.69) is 39.0 Å². The highest BCUT2D eigenvalue weighted by Gasteiger charge is 2.12. The van der Waals surface area contributed by atoms with Gasteiger partial charge in [-0.3, -0.25) is 0 Å². The first-order valence-electron chi connectivity index (χ1n) is 8.73. The molecule has 0 atom stereocenters. The molecular formula is C19H32NO+. The molecule has 0 amide bonds. The topological polar surface area (TPSA) is 13.7 Å². The number of rotatable bonds is 7. The fourth-order valence-corrected chi connectivity index (χ4v) is 3.09. The average Bonchev–Trinajstić information content (AvgIpc) is 2.49. The summed E-state index contributed by atoms with van der Waals surface area (Å²) in [4.78, 5) is 1.80. The summed E-state index contributed by atoms with van der Waals surface area (Å²) in [6.45, 7) is 11.6. The van der Waals surface area contributed by atoms with Crippen molar-refractivity contribution in [3.05, 3.63) is 29.3 Å². The van der Waals surface area contributed by atoms with E-state index in [4.69, 9.17) is 4.74 Å². The van der Waals surface area contributed by atoms with Crippen molar-refractivity contribution in [1.29, 1.82) is 0 Å². The number of piperidine rings is 1. The molecule has 1 heterocycles. The van der Waals surface area contributed by atoms with E-state index >= 15 is 0 Å². The summed E-state index contributed by atoms with van der Waals surface area (Å²) in [6, 6.07) is 6.62. The molecule has 0 aliphatic carbocycles. The SMILES string of the molecule is Cc1ccc(C(C)C)cc1OCCCC[NH+]1CCCCC1. The Morgan fingerprint density at radius 3 is 2.57 bits per heavy atom. The number of likely N-dealkylation sites (tertiary alicyclic amines) is 1. The zero-order valence-electron chi connectivity index (χ0n) is 14.1. The quantitative estimate of drug-likeness (QED) is 0.760. The van der Waals surface area contributed by atoms with E-state index < -0.39 is 0 Å². The second-order valence-corrected chi connectivity index (χ2v) is 6.80. The van der Waals surface area contributed by atoms with Crippen molar-refractivity contribution < 1.29 is 9.64 Å². The summed E-state index contributed by atoms with van der Waals surface area (Å²) in [5.74, 6) is 1.64. The number of ether oxygens (including phenoxy) is 1. The van der Waals surface area contributed by atoms with E-state index in [0.717, 1.165) is 12.4 Å². The van der Waals surface area contributed by atoms with Crippen molar-refractivity contribution in [3.8, 4) is 5.75 Å². The Hall–Kier alpha value is -1.02. The molecule has 0 unspecified atom stereocenters. The summed E-state index contributed by atoms with van der Waals surface area (Å²) >= 11 is 0. The largest absolute Gasteiger partial charge is 0.493 e. The van der Waals surface area contributed by atoms with Gasteiger partial charge >= 0.3 is 0 Å². The first kappa shape index (κ1) is 16.4. The van der Waals surface area contributed by atoms with Crippen LogP contribution in [0.5, 0.6) is 5.75 Å². The Kier molecular flexibility index (Phi) is 6.56. The minimum Gasteiger partial charge on any atom is -0.493 e. The van der Waals surface area contributed by atoms with Gasteiger partial charge in [-0.25, -0.2) is 0 Å². The first-order valence-corrected chi connectivity index (χ1v) is 8.73. The van der Waals surface area contributed by atoms with E-state index in [1.54, 1.807) is 4.90 Å². The van der Waals surface area contributed by atoms with E-state index in [0.29, 0.717) is 5.92 Å². The molecule has 0 radical (unpaired) electrons. The van der Waals surface area contributed by atoms with Gasteiger partial charge in [0, 0.05) is 0 Å². The molecule has 1 aromatic rings. The van der Waals surface area contributed by atoms with Crippen LogP contribution >= 0.6 is 0 Å². The third-order valence-electron chi connectivity index (χ3n) is 4.62. The van der Waals surface area contributed by atoms with Crippen LogP contribution in [0.2, 0.25) is 0 Å². The average molecular weight is 290 g/mol. The van der Waals surface area contributed by atoms with Gasteiger partial charge in [0.2, 0.25) is 0 Å². The Labute approximate surface area is 130 Å². The van der Waals surface area contributed by atoms with E-state index in [9.17, 15) is 0 Å². The Morgan fingerprint density at radius 1 is 1.10 bits per heavy atom. The molecule has 1 aromatic carbocycles. The Bertz CT molecular complexity index is 422. The van der Waals surface area contributed by atoms with Gasteiger partial charge in [0.15, 0.2) is 0 Å². The van der Waals surface area contributed by atoms with Crippen molar-refractivity contribution in [2.45, 2.75) is 58.8 Å². The minimum atomic E-state index is 0.565. The maximum absolute atomic E-state index is 6.01. The summed E-state index contributed by atoms with van der Waals surface area (Å²) < 4.78 is 6.01. The van der Waals surface area contributed by atoms with Crippen LogP contribution in [0.25, 0.3) is 0 Å². The number of benzene rings is 1. The fraction of sp³-hybridized carbons (Fsp3) is 0.684. The summed E-state index contributed by atoms with van der Waals surface area (Å²) in [5, 5.41) is 0. The predicted octanol–water partition coefficient (Wildman–Crippen LogP) is 3.35. The predicted molar refractivity (Wildman–Crippen MR) is 89.4 cm³/mol. The number of hydrogen-bond donors (Lipinski definition) is 1. The molecule has 0 saturated carbocycles. The molecule has 2 heteroatoms. The zero-order chi connectivity index (χ0) is 15.1. The van der Waals surface area contributed by atoms with Crippen LogP contribution in [-0.4, -0.2) is 26.2 Å². The van der Waals surface area contributed by atoms with Crippen molar-refractivity contribution in [2.24, 2.45) is 0 Å². The lowest BCUT2D eigenvalue weighted by Gasteiger charge is -2.23. The first-order chi connectivity index (χ1) is 10.2. The van der Waals surface area contributed by atoms with Crippen LogP contribution in [-0.2, 0) is 0 Å². The lowest BCUT2D eigenvalue weighted by Crippen LogP contribution is -3.12. The van der Waals surface area contributed by atoms with Crippen LogP contribution in [0, 0.1) is 6.92 Å². The molecule has 118 valence electrons. The second-order valence-electron chi connectivity index (χ2n) is 6.80. The number of aryl methyl sites for hydroxylation is 1. The van der Waals surface area contributed by atoms with Crippen molar-refractivity contribution in [3.63, 3.8) is 0 Å². The van der Waals surface area contributed by atoms with Gasteiger partial charge in [-0.15, -0.1) is 0 Å². The Balaban J connectivity index is 1.69. The zero-order valence-corrected chi connectivity index (χ0v) is 14.1. The van der Waals surface area contributed by atoms with Gasteiger partial charge in [-0.2, -0.15) is 0 Å². The van der Waals surface area contributed by atoms with E-state index in [1.165, 1.54) is 62.9 Å². The smallest absolute Gasteiger partial charge is 0.122 e.